The average molecular weight is 185 g/mol. The first-order valence-corrected chi connectivity index (χ1v) is 4.79. The van der Waals surface area contributed by atoms with Gasteiger partial charge < -0.3 is 10.0 Å². The molecule has 1 fully saturated rings. The van der Waals surface area contributed by atoms with Crippen molar-refractivity contribution in [1.29, 1.82) is 0 Å². The highest BCUT2D eigenvalue weighted by atomic mass is 16.3. The molecule has 1 rings (SSSR count). The number of hydrogen-bond acceptors (Lipinski definition) is 2. The third kappa shape index (κ3) is 1.70. The molecule has 1 aliphatic rings. The molecule has 0 aromatic rings. The van der Waals surface area contributed by atoms with Crippen molar-refractivity contribution in [2.45, 2.75) is 51.7 Å². The molecule has 1 amide bonds. The summed E-state index contributed by atoms with van der Waals surface area (Å²) in [4.78, 5) is 13.3. The van der Waals surface area contributed by atoms with E-state index in [0.717, 1.165) is 13.0 Å². The number of nitrogens with zero attached hydrogens (tertiary/aromatic N) is 1. The molecule has 1 saturated heterocycles. The highest BCUT2D eigenvalue weighted by Crippen LogP contribution is 2.31. The van der Waals surface area contributed by atoms with Crippen LogP contribution in [0.15, 0.2) is 0 Å². The van der Waals surface area contributed by atoms with Crippen LogP contribution in [0.1, 0.15) is 40.5 Å². The summed E-state index contributed by atoms with van der Waals surface area (Å²) in [6.45, 7) is 8.10. The summed E-state index contributed by atoms with van der Waals surface area (Å²) in [6, 6.07) is 0. The first-order chi connectivity index (χ1) is 5.77. The number of carbonyl (C=O) groups excluding carboxylic acids is 1. The van der Waals surface area contributed by atoms with Gasteiger partial charge in [-0.15, -0.1) is 0 Å². The van der Waals surface area contributed by atoms with Crippen LogP contribution in [0.5, 0.6) is 0 Å². The maximum absolute atomic E-state index is 11.5. The van der Waals surface area contributed by atoms with Gasteiger partial charge in [0, 0.05) is 13.0 Å². The maximum Gasteiger partial charge on any atom is 0.223 e. The fourth-order valence-electron chi connectivity index (χ4n) is 1.57. The van der Waals surface area contributed by atoms with Crippen LogP contribution in [0.3, 0.4) is 0 Å². The third-order valence-electron chi connectivity index (χ3n) is 3.25. The highest BCUT2D eigenvalue weighted by molar-refractivity contribution is 5.79. The van der Waals surface area contributed by atoms with E-state index in [2.05, 4.69) is 0 Å². The number of likely N-dealkylation sites (tertiary alicyclic amines) is 1. The summed E-state index contributed by atoms with van der Waals surface area (Å²) in [5, 5.41) is 9.93. The van der Waals surface area contributed by atoms with Gasteiger partial charge in [-0.3, -0.25) is 4.79 Å². The minimum atomic E-state index is -0.854. The molecular weight excluding hydrogens is 166 g/mol. The average Bonchev–Trinajstić information content (AvgIpc) is 2.32. The van der Waals surface area contributed by atoms with Gasteiger partial charge in [0.2, 0.25) is 5.91 Å². The van der Waals surface area contributed by atoms with Gasteiger partial charge in [0.25, 0.3) is 0 Å². The summed E-state index contributed by atoms with van der Waals surface area (Å²) in [5.41, 5.74) is -1.33. The summed E-state index contributed by atoms with van der Waals surface area (Å²) in [6.07, 6.45) is 1.54. The van der Waals surface area contributed by atoms with Crippen molar-refractivity contribution >= 4 is 5.91 Å². The molecule has 76 valence electrons. The number of rotatable bonds is 2. The lowest BCUT2D eigenvalue weighted by atomic mass is 9.84. The lowest BCUT2D eigenvalue weighted by Gasteiger charge is -2.44. The van der Waals surface area contributed by atoms with Gasteiger partial charge >= 0.3 is 0 Å². The first-order valence-electron chi connectivity index (χ1n) is 4.79. The molecule has 1 N–H and O–H groups in total. The molecule has 3 nitrogen and oxygen atoms in total. The van der Waals surface area contributed by atoms with E-state index in [-0.39, 0.29) is 5.91 Å². The van der Waals surface area contributed by atoms with Crippen molar-refractivity contribution in [2.75, 3.05) is 6.54 Å². The van der Waals surface area contributed by atoms with Crippen LogP contribution in [0, 0.1) is 0 Å². The smallest absolute Gasteiger partial charge is 0.223 e. The predicted octanol–water partition coefficient (Wildman–Crippen LogP) is 1.16. The molecule has 0 aromatic carbocycles. The van der Waals surface area contributed by atoms with Crippen molar-refractivity contribution in [3.8, 4) is 0 Å². The van der Waals surface area contributed by atoms with E-state index in [1.807, 2.05) is 13.8 Å². The van der Waals surface area contributed by atoms with Crippen LogP contribution in [0.4, 0.5) is 0 Å². The van der Waals surface area contributed by atoms with Crippen molar-refractivity contribution in [1.82, 2.24) is 4.90 Å². The second-order valence-electron chi connectivity index (χ2n) is 4.77. The molecular formula is C10H19NO2. The molecule has 0 unspecified atom stereocenters. The number of carbonyl (C=O) groups is 1. The Labute approximate surface area is 79.7 Å². The Morgan fingerprint density at radius 1 is 1.31 bits per heavy atom. The zero-order chi connectivity index (χ0) is 10.3. The molecule has 0 atom stereocenters. The van der Waals surface area contributed by atoms with Crippen LogP contribution in [0.25, 0.3) is 0 Å². The monoisotopic (exact) mass is 185 g/mol. The topological polar surface area (TPSA) is 40.5 Å². The molecule has 0 aromatic heterocycles. The zero-order valence-corrected chi connectivity index (χ0v) is 8.92. The van der Waals surface area contributed by atoms with Gasteiger partial charge in [-0.05, 0) is 34.1 Å². The first kappa shape index (κ1) is 10.5. The fraction of sp³-hybridized carbons (Fsp3) is 0.900. The molecule has 0 saturated carbocycles. The molecule has 3 heteroatoms. The van der Waals surface area contributed by atoms with Crippen molar-refractivity contribution in [3.05, 3.63) is 0 Å². The summed E-state index contributed by atoms with van der Waals surface area (Å²) in [7, 11) is 0. The van der Waals surface area contributed by atoms with Crippen LogP contribution in [-0.2, 0) is 4.79 Å². The minimum absolute atomic E-state index is 0.159. The summed E-state index contributed by atoms with van der Waals surface area (Å²) >= 11 is 0. The van der Waals surface area contributed by atoms with Crippen LogP contribution in [-0.4, -0.2) is 33.6 Å². The normalized spacial score (nSPS) is 19.8. The third-order valence-corrected chi connectivity index (χ3v) is 3.25. The van der Waals surface area contributed by atoms with Crippen LogP contribution in [0.2, 0.25) is 0 Å². The number of aliphatic hydroxyl groups is 1. The minimum Gasteiger partial charge on any atom is -0.388 e. The Balaban J connectivity index is 2.86. The molecule has 1 heterocycles. The van der Waals surface area contributed by atoms with Crippen molar-refractivity contribution < 1.29 is 9.90 Å². The molecule has 0 spiro atoms. The van der Waals surface area contributed by atoms with E-state index in [0.29, 0.717) is 6.42 Å². The molecule has 1 aliphatic heterocycles. The van der Waals surface area contributed by atoms with E-state index in [4.69, 9.17) is 0 Å². The highest BCUT2D eigenvalue weighted by Gasteiger charge is 2.43. The second-order valence-corrected chi connectivity index (χ2v) is 4.77. The Morgan fingerprint density at radius 2 is 1.85 bits per heavy atom. The molecule has 0 aliphatic carbocycles. The van der Waals surface area contributed by atoms with E-state index >= 15 is 0 Å². The van der Waals surface area contributed by atoms with Gasteiger partial charge in [-0.2, -0.15) is 0 Å². The van der Waals surface area contributed by atoms with Crippen molar-refractivity contribution in [2.24, 2.45) is 0 Å². The zero-order valence-electron chi connectivity index (χ0n) is 8.92. The van der Waals surface area contributed by atoms with Gasteiger partial charge in [0.05, 0.1) is 11.1 Å². The maximum atomic E-state index is 11.5. The number of hydrogen-bond donors (Lipinski definition) is 1. The van der Waals surface area contributed by atoms with Gasteiger partial charge in [-0.1, -0.05) is 0 Å². The van der Waals surface area contributed by atoms with Crippen molar-refractivity contribution in [3.63, 3.8) is 0 Å². The molecule has 0 radical (unpaired) electrons. The SMILES string of the molecule is CC(C)(O)C(C)(C)N1CCCC1=O. The summed E-state index contributed by atoms with van der Waals surface area (Å²) in [5.74, 6) is 0.159. The molecule has 0 bridgehead atoms. The quantitative estimate of drug-likeness (QED) is 0.701. The van der Waals surface area contributed by atoms with E-state index in [9.17, 15) is 9.90 Å². The molecule has 13 heavy (non-hydrogen) atoms. The lowest BCUT2D eigenvalue weighted by molar-refractivity contribution is -0.142. The Bertz CT molecular complexity index is 215. The Morgan fingerprint density at radius 3 is 2.15 bits per heavy atom. The van der Waals surface area contributed by atoms with E-state index in [1.165, 1.54) is 0 Å². The summed E-state index contributed by atoms with van der Waals surface area (Å²) < 4.78 is 0. The van der Waals surface area contributed by atoms with Gasteiger partial charge in [0.1, 0.15) is 0 Å². The Kier molecular flexibility index (Phi) is 2.41. The van der Waals surface area contributed by atoms with E-state index < -0.39 is 11.1 Å². The Hall–Kier alpha value is -0.570. The van der Waals surface area contributed by atoms with Crippen LogP contribution >= 0.6 is 0 Å². The lowest BCUT2D eigenvalue weighted by Crippen LogP contribution is -2.58. The standard InChI is InChI=1S/C10H19NO2/c1-9(2,10(3,4)13)11-7-5-6-8(11)12/h13H,5-7H2,1-4H3. The van der Waals surface area contributed by atoms with Crippen LogP contribution < -0.4 is 0 Å². The van der Waals surface area contributed by atoms with Gasteiger partial charge in [0.15, 0.2) is 0 Å². The second kappa shape index (κ2) is 2.98. The number of amides is 1. The van der Waals surface area contributed by atoms with Gasteiger partial charge in [-0.25, -0.2) is 0 Å². The fourth-order valence-corrected chi connectivity index (χ4v) is 1.57. The largest absolute Gasteiger partial charge is 0.388 e. The predicted molar refractivity (Wildman–Crippen MR) is 51.3 cm³/mol. The van der Waals surface area contributed by atoms with E-state index in [1.54, 1.807) is 18.7 Å².